The van der Waals surface area contributed by atoms with E-state index in [-0.39, 0.29) is 11.5 Å². The molecule has 1 heterocycles. The molecule has 1 unspecified atom stereocenters. The van der Waals surface area contributed by atoms with Crippen molar-refractivity contribution in [3.05, 3.63) is 17.8 Å². The summed E-state index contributed by atoms with van der Waals surface area (Å²) in [4.78, 5) is 16.7. The minimum absolute atomic E-state index is 0.0395. The van der Waals surface area contributed by atoms with Crippen molar-refractivity contribution in [1.29, 1.82) is 5.26 Å². The van der Waals surface area contributed by atoms with Gasteiger partial charge in [0, 0.05) is 13.6 Å². The van der Waals surface area contributed by atoms with E-state index in [0.717, 1.165) is 0 Å². The largest absolute Gasteiger partial charge is 0.478 e. The molecule has 3 N–H and O–H groups in total. The Labute approximate surface area is 99.3 Å². The van der Waals surface area contributed by atoms with E-state index in [9.17, 15) is 4.79 Å². The van der Waals surface area contributed by atoms with Crippen molar-refractivity contribution >= 4 is 17.5 Å². The maximum absolute atomic E-state index is 11.0. The lowest BCUT2D eigenvalue weighted by Gasteiger charge is -2.21. The lowest BCUT2D eigenvalue weighted by atomic mass is 10.2. The quantitative estimate of drug-likeness (QED) is 0.804. The van der Waals surface area contributed by atoms with E-state index in [2.05, 4.69) is 11.1 Å². The Balaban J connectivity index is 3.05. The van der Waals surface area contributed by atoms with Crippen LogP contribution in [0.25, 0.3) is 0 Å². The fourth-order valence-electron chi connectivity index (χ4n) is 1.47. The van der Waals surface area contributed by atoms with Gasteiger partial charge in [-0.1, -0.05) is 0 Å². The molecule has 0 bridgehead atoms. The van der Waals surface area contributed by atoms with Gasteiger partial charge in [-0.15, -0.1) is 0 Å². The first kappa shape index (κ1) is 12.8. The van der Waals surface area contributed by atoms with E-state index in [1.807, 2.05) is 0 Å². The van der Waals surface area contributed by atoms with Crippen LogP contribution in [-0.4, -0.2) is 29.7 Å². The first-order valence-corrected chi connectivity index (χ1v) is 5.05. The number of hydrogen-bond donors (Lipinski definition) is 2. The lowest BCUT2D eigenvalue weighted by molar-refractivity contribution is 0.0697. The first-order chi connectivity index (χ1) is 7.95. The number of carboxylic acid groups (broad SMARTS) is 1. The highest BCUT2D eigenvalue weighted by Gasteiger charge is 2.16. The Kier molecular flexibility index (Phi) is 3.88. The molecule has 1 aromatic heterocycles. The second-order valence-electron chi connectivity index (χ2n) is 3.86. The molecule has 1 rings (SSSR count). The number of nitriles is 1. The number of pyridine rings is 1. The highest BCUT2D eigenvalue weighted by molar-refractivity contribution is 5.94. The minimum Gasteiger partial charge on any atom is -0.478 e. The summed E-state index contributed by atoms with van der Waals surface area (Å²) in [5.41, 5.74) is 5.83. The minimum atomic E-state index is -1.09. The molecular formula is C11H14N4O2. The summed E-state index contributed by atoms with van der Waals surface area (Å²) in [6.45, 7) is 2.17. The maximum Gasteiger partial charge on any atom is 0.339 e. The summed E-state index contributed by atoms with van der Waals surface area (Å²) in [7, 11) is 1.69. The first-order valence-electron chi connectivity index (χ1n) is 5.05. The van der Waals surface area contributed by atoms with Gasteiger partial charge < -0.3 is 15.7 Å². The van der Waals surface area contributed by atoms with Crippen molar-refractivity contribution in [2.24, 2.45) is 5.92 Å². The van der Waals surface area contributed by atoms with E-state index < -0.39 is 5.97 Å². The predicted octanol–water partition coefficient (Wildman–Crippen LogP) is 0.958. The van der Waals surface area contributed by atoms with E-state index >= 15 is 0 Å². The zero-order chi connectivity index (χ0) is 13.0. The Morgan fingerprint density at radius 2 is 2.41 bits per heavy atom. The van der Waals surface area contributed by atoms with E-state index in [0.29, 0.717) is 18.1 Å². The average molecular weight is 234 g/mol. The second-order valence-corrected chi connectivity index (χ2v) is 3.86. The molecule has 90 valence electrons. The molecule has 0 aromatic carbocycles. The summed E-state index contributed by atoms with van der Waals surface area (Å²) in [5.74, 6) is -0.981. The normalized spacial score (nSPS) is 11.6. The third kappa shape index (κ3) is 3.08. The lowest BCUT2D eigenvalue weighted by Crippen LogP contribution is -2.26. The number of hydrogen-bond acceptors (Lipinski definition) is 5. The van der Waals surface area contributed by atoms with Gasteiger partial charge in [-0.2, -0.15) is 5.26 Å². The average Bonchev–Trinajstić information content (AvgIpc) is 2.28. The van der Waals surface area contributed by atoms with Crippen LogP contribution in [0.15, 0.2) is 12.3 Å². The van der Waals surface area contributed by atoms with Crippen LogP contribution in [0, 0.1) is 17.2 Å². The topological polar surface area (TPSA) is 103 Å². The van der Waals surface area contributed by atoms with Gasteiger partial charge in [0.15, 0.2) is 0 Å². The van der Waals surface area contributed by atoms with Crippen LogP contribution in [0.2, 0.25) is 0 Å². The van der Waals surface area contributed by atoms with Crippen LogP contribution < -0.4 is 10.6 Å². The van der Waals surface area contributed by atoms with Gasteiger partial charge in [-0.3, -0.25) is 0 Å². The summed E-state index contributed by atoms with van der Waals surface area (Å²) >= 11 is 0. The van der Waals surface area contributed by atoms with Gasteiger partial charge in [-0.05, 0) is 13.0 Å². The molecule has 0 aliphatic heterocycles. The molecule has 17 heavy (non-hydrogen) atoms. The van der Waals surface area contributed by atoms with Gasteiger partial charge in [0.05, 0.1) is 23.9 Å². The number of nitrogens with zero attached hydrogens (tertiary/aromatic N) is 3. The van der Waals surface area contributed by atoms with Crippen molar-refractivity contribution in [2.75, 3.05) is 24.2 Å². The molecule has 0 spiro atoms. The summed E-state index contributed by atoms with van der Waals surface area (Å²) < 4.78 is 0. The number of carboxylic acids is 1. The van der Waals surface area contributed by atoms with E-state index in [1.165, 1.54) is 12.3 Å². The third-order valence-electron chi connectivity index (χ3n) is 2.25. The molecule has 1 aromatic rings. The maximum atomic E-state index is 11.0. The smallest absolute Gasteiger partial charge is 0.339 e. The van der Waals surface area contributed by atoms with Crippen LogP contribution in [0.3, 0.4) is 0 Å². The molecule has 0 aliphatic carbocycles. The van der Waals surface area contributed by atoms with Crippen LogP contribution in [0.4, 0.5) is 11.5 Å². The molecule has 6 nitrogen and oxygen atoms in total. The van der Waals surface area contributed by atoms with Crippen molar-refractivity contribution in [3.8, 4) is 6.07 Å². The summed E-state index contributed by atoms with van der Waals surface area (Å²) in [6.07, 6.45) is 1.40. The van der Waals surface area contributed by atoms with Crippen LogP contribution >= 0.6 is 0 Å². The van der Waals surface area contributed by atoms with Crippen molar-refractivity contribution in [3.63, 3.8) is 0 Å². The van der Waals surface area contributed by atoms with Crippen molar-refractivity contribution in [2.45, 2.75) is 6.92 Å². The summed E-state index contributed by atoms with van der Waals surface area (Å²) in [6, 6.07) is 3.44. The molecule has 0 amide bonds. The third-order valence-corrected chi connectivity index (χ3v) is 2.25. The fraction of sp³-hybridized carbons (Fsp3) is 0.364. The van der Waals surface area contributed by atoms with Gasteiger partial charge in [0.1, 0.15) is 11.4 Å². The van der Waals surface area contributed by atoms with Crippen LogP contribution in [0.1, 0.15) is 17.3 Å². The molecular weight excluding hydrogens is 220 g/mol. The molecule has 0 saturated carbocycles. The zero-order valence-electron chi connectivity index (χ0n) is 9.71. The van der Waals surface area contributed by atoms with Crippen LogP contribution in [-0.2, 0) is 0 Å². The molecule has 0 radical (unpaired) electrons. The van der Waals surface area contributed by atoms with Crippen LogP contribution in [0.5, 0.6) is 0 Å². The monoisotopic (exact) mass is 234 g/mol. The highest BCUT2D eigenvalue weighted by Crippen LogP contribution is 2.19. The standard InChI is InChI=1S/C11H14N4O2/c1-7(4-12)6-15(2)10-9(11(16)17)3-8(13)5-14-10/h3,5,7H,6,13H2,1-2H3,(H,16,17). The molecule has 6 heteroatoms. The molecule has 0 fully saturated rings. The fourth-order valence-corrected chi connectivity index (χ4v) is 1.47. The van der Waals surface area contributed by atoms with Gasteiger partial charge >= 0.3 is 5.97 Å². The number of rotatable bonds is 4. The highest BCUT2D eigenvalue weighted by atomic mass is 16.4. The number of aromatic carboxylic acids is 1. The van der Waals surface area contributed by atoms with Gasteiger partial charge in [-0.25, -0.2) is 9.78 Å². The van der Waals surface area contributed by atoms with Crippen molar-refractivity contribution < 1.29 is 9.90 Å². The van der Waals surface area contributed by atoms with E-state index in [4.69, 9.17) is 16.1 Å². The number of aromatic nitrogens is 1. The second kappa shape index (κ2) is 5.16. The molecule has 1 atom stereocenters. The zero-order valence-corrected chi connectivity index (χ0v) is 9.71. The Morgan fingerprint density at radius 1 is 1.76 bits per heavy atom. The number of nitrogen functional groups attached to an aromatic ring is 1. The molecule has 0 saturated heterocycles. The Hall–Kier alpha value is -2.29. The SMILES string of the molecule is CC(C#N)CN(C)c1ncc(N)cc1C(=O)O. The molecule has 0 aliphatic rings. The van der Waals surface area contributed by atoms with E-state index in [1.54, 1.807) is 18.9 Å². The van der Waals surface area contributed by atoms with Crippen molar-refractivity contribution in [1.82, 2.24) is 4.98 Å². The number of carbonyl (C=O) groups is 1. The Morgan fingerprint density at radius 3 is 2.94 bits per heavy atom. The van der Waals surface area contributed by atoms with Gasteiger partial charge in [0.2, 0.25) is 0 Å². The number of anilines is 2. The summed E-state index contributed by atoms with van der Waals surface area (Å²) in [5, 5.41) is 17.8. The number of nitrogens with two attached hydrogens (primary N) is 1. The predicted molar refractivity (Wildman–Crippen MR) is 63.7 cm³/mol. The Bertz CT molecular complexity index is 467. The van der Waals surface area contributed by atoms with Gasteiger partial charge in [0.25, 0.3) is 0 Å².